The molecule has 0 bridgehead atoms. The van der Waals surface area contributed by atoms with Crippen LogP contribution in [0.1, 0.15) is 438 Å². The van der Waals surface area contributed by atoms with Gasteiger partial charge in [0.1, 0.15) is 0 Å². The minimum Gasteiger partial charge on any atom is -0.466 e. The molecule has 0 saturated carbocycles. The summed E-state index contributed by atoms with van der Waals surface area (Å²) < 4.78 is 5.49. The van der Waals surface area contributed by atoms with E-state index in [1.54, 1.807) is 6.08 Å². The van der Waals surface area contributed by atoms with Gasteiger partial charge in [0.25, 0.3) is 0 Å². The van der Waals surface area contributed by atoms with Crippen LogP contribution in [0.2, 0.25) is 0 Å². The summed E-state index contributed by atoms with van der Waals surface area (Å²) in [6.45, 7) is 4.94. The van der Waals surface area contributed by atoms with Crippen molar-refractivity contribution in [1.82, 2.24) is 5.32 Å². The number of aliphatic hydroxyl groups is 2. The molecule has 1 amide bonds. The largest absolute Gasteiger partial charge is 0.466 e. The SMILES string of the molecule is CCCCCCCC/C=C\CCCCCCCC(=O)OCCCCCCCCCCCCCC/C=C\CCCCCCCCCCCCCCCC(=O)NC(CO)C(O)/C=C/CCCCCCCCCCCCCCCCCCCCCCCCC. The van der Waals surface area contributed by atoms with Gasteiger partial charge in [-0.05, 0) is 83.5 Å². The van der Waals surface area contributed by atoms with Crippen LogP contribution >= 0.6 is 0 Å². The van der Waals surface area contributed by atoms with Crippen molar-refractivity contribution in [3.05, 3.63) is 36.5 Å². The normalized spacial score (nSPS) is 12.7. The fourth-order valence-corrected chi connectivity index (χ4v) is 12.4. The van der Waals surface area contributed by atoms with Crippen molar-refractivity contribution in [2.45, 2.75) is 450 Å². The molecule has 0 fully saturated rings. The molecule has 2 atom stereocenters. The van der Waals surface area contributed by atoms with Gasteiger partial charge in [-0.15, -0.1) is 0 Å². The summed E-state index contributed by atoms with van der Waals surface area (Å²) in [5, 5.41) is 23.3. The van der Waals surface area contributed by atoms with Crippen LogP contribution in [0, 0.1) is 0 Å². The molecule has 6 heteroatoms. The molecule has 3 N–H and O–H groups in total. The van der Waals surface area contributed by atoms with Crippen LogP contribution in [0.15, 0.2) is 36.5 Å². The molecule has 0 spiro atoms. The average molecular weight is 1210 g/mol. The Labute approximate surface area is 538 Å². The smallest absolute Gasteiger partial charge is 0.305 e. The number of carbonyl (C=O) groups excluding carboxylic acids is 2. The van der Waals surface area contributed by atoms with Crippen molar-refractivity contribution in [2.75, 3.05) is 13.2 Å². The molecule has 508 valence electrons. The van der Waals surface area contributed by atoms with Gasteiger partial charge in [0, 0.05) is 12.8 Å². The number of esters is 1. The molecule has 0 heterocycles. The number of carbonyl (C=O) groups is 2. The molecule has 0 aromatic rings. The van der Waals surface area contributed by atoms with Gasteiger partial charge in [0.05, 0.1) is 25.4 Å². The maximum absolute atomic E-state index is 12.6. The lowest BCUT2D eigenvalue weighted by atomic mass is 10.0. The van der Waals surface area contributed by atoms with Crippen LogP contribution in [-0.4, -0.2) is 47.4 Å². The van der Waals surface area contributed by atoms with Gasteiger partial charge in [0.15, 0.2) is 0 Å². The van der Waals surface area contributed by atoms with Crippen molar-refractivity contribution in [3.8, 4) is 0 Å². The zero-order valence-corrected chi connectivity index (χ0v) is 58.3. The van der Waals surface area contributed by atoms with Gasteiger partial charge >= 0.3 is 5.97 Å². The Kier molecular flexibility index (Phi) is 73.9. The van der Waals surface area contributed by atoms with Crippen molar-refractivity contribution in [3.63, 3.8) is 0 Å². The first kappa shape index (κ1) is 84.1. The van der Waals surface area contributed by atoms with E-state index in [1.807, 2.05) is 6.08 Å². The maximum Gasteiger partial charge on any atom is 0.305 e. The van der Waals surface area contributed by atoms with E-state index in [4.69, 9.17) is 4.74 Å². The average Bonchev–Trinajstić information content (AvgIpc) is 3.54. The Bertz CT molecular complexity index is 1390. The predicted molar refractivity (Wildman–Crippen MR) is 379 cm³/mol. The third kappa shape index (κ3) is 71.2. The molecule has 86 heavy (non-hydrogen) atoms. The monoisotopic (exact) mass is 1210 g/mol. The molecule has 0 aliphatic carbocycles. The number of hydrogen-bond acceptors (Lipinski definition) is 5. The number of ether oxygens (including phenoxy) is 1. The van der Waals surface area contributed by atoms with Crippen LogP contribution < -0.4 is 5.32 Å². The van der Waals surface area contributed by atoms with E-state index in [1.165, 1.54) is 366 Å². The number of hydrogen-bond donors (Lipinski definition) is 3. The van der Waals surface area contributed by atoms with Gasteiger partial charge in [-0.1, -0.05) is 378 Å². The van der Waals surface area contributed by atoms with Crippen LogP contribution in [-0.2, 0) is 14.3 Å². The van der Waals surface area contributed by atoms with Crippen molar-refractivity contribution < 1.29 is 24.5 Å². The highest BCUT2D eigenvalue weighted by Crippen LogP contribution is 2.19. The molecular formula is C80H153NO5. The van der Waals surface area contributed by atoms with Crippen molar-refractivity contribution in [1.29, 1.82) is 0 Å². The van der Waals surface area contributed by atoms with E-state index < -0.39 is 12.1 Å². The standard InChI is InChI=1S/C80H153NO5/c1-3-5-7-9-11-13-15-17-19-20-21-22-23-29-32-35-38-41-45-48-52-56-60-64-68-72-78(83)77(76-82)81-79(84)73-69-65-61-57-53-49-46-42-39-36-33-30-27-25-24-26-28-31-34-37-40-43-47-51-55-59-63-67-71-75-86-80(85)74-70-66-62-58-54-50-44-18-16-14-12-10-8-6-4-2/h18,24,26,44,68,72,77-78,82-83H,3-17,19-23,25,27-43,45-67,69-71,73-76H2,1-2H3,(H,81,84)/b26-24-,44-18-,72-68+. The second-order valence-corrected chi connectivity index (χ2v) is 27.0. The summed E-state index contributed by atoms with van der Waals surface area (Å²) in [7, 11) is 0. The Morgan fingerprint density at radius 1 is 0.314 bits per heavy atom. The number of rotatable bonds is 74. The molecule has 0 aliphatic rings. The van der Waals surface area contributed by atoms with Gasteiger partial charge in [0.2, 0.25) is 5.91 Å². The summed E-state index contributed by atoms with van der Waals surface area (Å²) in [5.41, 5.74) is 0. The first-order valence-electron chi connectivity index (χ1n) is 39.3. The Balaban J connectivity index is 3.40. The van der Waals surface area contributed by atoms with Gasteiger partial charge in [-0.3, -0.25) is 9.59 Å². The summed E-state index contributed by atoms with van der Waals surface area (Å²) >= 11 is 0. The lowest BCUT2D eigenvalue weighted by Crippen LogP contribution is -2.45. The molecule has 2 unspecified atom stereocenters. The van der Waals surface area contributed by atoms with E-state index in [0.29, 0.717) is 19.4 Å². The van der Waals surface area contributed by atoms with E-state index >= 15 is 0 Å². The van der Waals surface area contributed by atoms with Crippen LogP contribution in [0.4, 0.5) is 0 Å². The lowest BCUT2D eigenvalue weighted by Gasteiger charge is -2.20. The summed E-state index contributed by atoms with van der Waals surface area (Å²) in [6, 6.07) is -0.629. The zero-order valence-electron chi connectivity index (χ0n) is 58.3. The second kappa shape index (κ2) is 75.5. The molecule has 0 aromatic carbocycles. The quantitative estimate of drug-likeness (QED) is 0.0320. The minimum atomic E-state index is -0.846. The third-order valence-corrected chi connectivity index (χ3v) is 18.4. The topological polar surface area (TPSA) is 95.9 Å². The highest BCUT2D eigenvalue weighted by molar-refractivity contribution is 5.76. The highest BCUT2D eigenvalue weighted by atomic mass is 16.5. The Morgan fingerprint density at radius 2 is 0.547 bits per heavy atom. The van der Waals surface area contributed by atoms with Gasteiger partial charge in [-0.25, -0.2) is 0 Å². The summed E-state index contributed by atoms with van der Waals surface area (Å²) in [6.07, 6.45) is 98.3. The fourth-order valence-electron chi connectivity index (χ4n) is 12.4. The van der Waals surface area contributed by atoms with Crippen molar-refractivity contribution >= 4 is 11.9 Å². The first-order valence-corrected chi connectivity index (χ1v) is 39.3. The van der Waals surface area contributed by atoms with Crippen LogP contribution in [0.5, 0.6) is 0 Å². The minimum absolute atomic E-state index is 0.00899. The van der Waals surface area contributed by atoms with Crippen LogP contribution in [0.25, 0.3) is 0 Å². The Hall–Kier alpha value is -1.92. The molecule has 0 saturated heterocycles. The van der Waals surface area contributed by atoms with Crippen LogP contribution in [0.3, 0.4) is 0 Å². The maximum atomic E-state index is 12.6. The van der Waals surface area contributed by atoms with Gasteiger partial charge in [-0.2, -0.15) is 0 Å². The highest BCUT2D eigenvalue weighted by Gasteiger charge is 2.18. The molecule has 0 radical (unpaired) electrons. The fraction of sp³-hybridized carbons (Fsp3) is 0.900. The number of nitrogens with one attached hydrogen (secondary N) is 1. The third-order valence-electron chi connectivity index (χ3n) is 18.4. The molecular weight excluding hydrogens is 1050 g/mol. The summed E-state index contributed by atoms with van der Waals surface area (Å²) in [4.78, 5) is 24.6. The van der Waals surface area contributed by atoms with E-state index in [-0.39, 0.29) is 18.5 Å². The second-order valence-electron chi connectivity index (χ2n) is 27.0. The lowest BCUT2D eigenvalue weighted by molar-refractivity contribution is -0.143. The molecule has 0 aromatic heterocycles. The predicted octanol–water partition coefficient (Wildman–Crippen LogP) is 25.8. The first-order chi connectivity index (χ1) is 42.5. The van der Waals surface area contributed by atoms with Crippen molar-refractivity contribution in [2.24, 2.45) is 0 Å². The molecule has 6 nitrogen and oxygen atoms in total. The number of unbranched alkanes of at least 4 members (excludes halogenated alkanes) is 59. The number of amides is 1. The summed E-state index contributed by atoms with van der Waals surface area (Å²) in [5.74, 6) is -0.0533. The molecule has 0 aliphatic heterocycles. The molecule has 0 rings (SSSR count). The zero-order chi connectivity index (χ0) is 62.0. The number of aliphatic hydroxyl groups excluding tert-OH is 2. The number of allylic oxidation sites excluding steroid dienone is 5. The van der Waals surface area contributed by atoms with E-state index in [2.05, 4.69) is 43.5 Å². The van der Waals surface area contributed by atoms with E-state index in [0.717, 1.165) is 44.9 Å². The van der Waals surface area contributed by atoms with E-state index in [9.17, 15) is 19.8 Å². The van der Waals surface area contributed by atoms with Gasteiger partial charge < -0.3 is 20.3 Å². The Morgan fingerprint density at radius 3 is 0.826 bits per heavy atom.